The molecule has 3 atom stereocenters. The van der Waals surface area contributed by atoms with Gasteiger partial charge in [-0.15, -0.1) is 0 Å². The predicted molar refractivity (Wildman–Crippen MR) is 67.7 cm³/mol. The molecule has 110 valence electrons. The molecule has 6 nitrogen and oxygen atoms in total. The largest absolute Gasteiger partial charge is 0.444 e. The highest BCUT2D eigenvalue weighted by Crippen LogP contribution is 2.34. The minimum atomic E-state index is -0.832. The second-order valence-corrected chi connectivity index (χ2v) is 6.48. The summed E-state index contributed by atoms with van der Waals surface area (Å²) in [6, 6.07) is 0. The first-order chi connectivity index (χ1) is 8.71. The molecule has 2 rings (SSSR count). The molecule has 2 N–H and O–H groups in total. The second-order valence-electron chi connectivity index (χ2n) is 6.48. The van der Waals surface area contributed by atoms with Crippen LogP contribution in [-0.2, 0) is 9.47 Å². The van der Waals surface area contributed by atoms with Crippen molar-refractivity contribution in [1.29, 1.82) is 0 Å². The molecule has 0 aromatic carbocycles. The fraction of sp³-hybridized carbons (Fsp3) is 0.923. The number of aliphatic hydroxyl groups excluding tert-OH is 2. The summed E-state index contributed by atoms with van der Waals surface area (Å²) in [7, 11) is 0. The smallest absolute Gasteiger partial charge is 0.410 e. The first-order valence-corrected chi connectivity index (χ1v) is 6.69. The van der Waals surface area contributed by atoms with Gasteiger partial charge in [0.25, 0.3) is 0 Å². The summed E-state index contributed by atoms with van der Waals surface area (Å²) in [5, 5.41) is 19.2. The Kier molecular flexibility index (Phi) is 3.77. The lowest BCUT2D eigenvalue weighted by molar-refractivity contribution is -0.165. The molecule has 2 heterocycles. The van der Waals surface area contributed by atoms with Gasteiger partial charge in [-0.2, -0.15) is 0 Å². The molecule has 2 aliphatic rings. The zero-order chi connectivity index (χ0) is 14.3. The third-order valence-corrected chi connectivity index (χ3v) is 3.55. The van der Waals surface area contributed by atoms with Gasteiger partial charge >= 0.3 is 6.09 Å². The van der Waals surface area contributed by atoms with E-state index in [4.69, 9.17) is 9.47 Å². The lowest BCUT2D eigenvalue weighted by atomic mass is 9.90. The van der Waals surface area contributed by atoms with Gasteiger partial charge < -0.3 is 24.6 Å². The van der Waals surface area contributed by atoms with Crippen molar-refractivity contribution in [3.05, 3.63) is 0 Å². The Balaban J connectivity index is 1.94. The molecule has 2 saturated heterocycles. The molecule has 1 amide bonds. The minimum Gasteiger partial charge on any atom is -0.444 e. The topological polar surface area (TPSA) is 79.2 Å². The van der Waals surface area contributed by atoms with Crippen LogP contribution in [0.25, 0.3) is 0 Å². The molecule has 1 spiro atoms. The summed E-state index contributed by atoms with van der Waals surface area (Å²) in [4.78, 5) is 13.6. The number of hydrogen-bond acceptors (Lipinski definition) is 5. The van der Waals surface area contributed by atoms with Crippen molar-refractivity contribution < 1.29 is 24.5 Å². The van der Waals surface area contributed by atoms with Gasteiger partial charge in [-0.25, -0.2) is 4.79 Å². The first kappa shape index (κ1) is 14.6. The van der Waals surface area contributed by atoms with E-state index >= 15 is 0 Å². The highest BCUT2D eigenvalue weighted by molar-refractivity contribution is 5.68. The normalized spacial score (nSPS) is 35.7. The van der Waals surface area contributed by atoms with E-state index in [1.165, 1.54) is 0 Å². The molecule has 0 aromatic heterocycles. The third kappa shape index (κ3) is 3.38. The molecule has 0 bridgehead atoms. The van der Waals surface area contributed by atoms with Crippen LogP contribution in [0, 0.1) is 0 Å². The van der Waals surface area contributed by atoms with Crippen molar-refractivity contribution in [1.82, 2.24) is 4.90 Å². The van der Waals surface area contributed by atoms with E-state index in [1.807, 2.05) is 20.8 Å². The van der Waals surface area contributed by atoms with Gasteiger partial charge in [0.1, 0.15) is 11.7 Å². The van der Waals surface area contributed by atoms with E-state index in [-0.39, 0.29) is 12.7 Å². The first-order valence-electron chi connectivity index (χ1n) is 6.69. The Morgan fingerprint density at radius 3 is 2.63 bits per heavy atom. The number of hydrogen-bond donors (Lipinski definition) is 2. The van der Waals surface area contributed by atoms with E-state index in [9.17, 15) is 15.0 Å². The predicted octanol–water partition coefficient (Wildman–Crippen LogP) is 0.508. The van der Waals surface area contributed by atoms with E-state index in [1.54, 1.807) is 4.90 Å². The van der Waals surface area contributed by atoms with Crippen molar-refractivity contribution >= 4 is 6.09 Å². The Labute approximate surface area is 113 Å². The fourth-order valence-electron chi connectivity index (χ4n) is 2.56. The van der Waals surface area contributed by atoms with Crippen molar-refractivity contribution in [3.8, 4) is 0 Å². The Hall–Kier alpha value is -0.850. The number of ether oxygens (including phenoxy) is 2. The van der Waals surface area contributed by atoms with Crippen LogP contribution in [0.3, 0.4) is 0 Å². The zero-order valence-corrected chi connectivity index (χ0v) is 11.8. The van der Waals surface area contributed by atoms with Gasteiger partial charge in [-0.1, -0.05) is 0 Å². The van der Waals surface area contributed by atoms with Crippen LogP contribution in [0.2, 0.25) is 0 Å². The molecule has 0 radical (unpaired) electrons. The van der Waals surface area contributed by atoms with Crippen LogP contribution < -0.4 is 0 Å². The van der Waals surface area contributed by atoms with E-state index in [2.05, 4.69) is 0 Å². The molecular formula is C13H23NO5. The number of carbonyl (C=O) groups is 1. The number of amides is 1. The summed E-state index contributed by atoms with van der Waals surface area (Å²) in [5.74, 6) is 0. The van der Waals surface area contributed by atoms with Gasteiger partial charge in [-0.05, 0) is 27.2 Å². The lowest BCUT2D eigenvalue weighted by Crippen LogP contribution is -2.51. The molecule has 2 fully saturated rings. The molecule has 19 heavy (non-hydrogen) atoms. The van der Waals surface area contributed by atoms with Gasteiger partial charge in [-0.3, -0.25) is 0 Å². The minimum absolute atomic E-state index is 0.114. The fourth-order valence-corrected chi connectivity index (χ4v) is 2.56. The molecule has 6 heteroatoms. The maximum absolute atomic E-state index is 12.0. The van der Waals surface area contributed by atoms with Crippen molar-refractivity contribution in [3.63, 3.8) is 0 Å². The molecule has 0 aromatic rings. The Morgan fingerprint density at radius 1 is 1.37 bits per heavy atom. The number of carbonyl (C=O) groups excluding carboxylic acids is 1. The van der Waals surface area contributed by atoms with Crippen LogP contribution in [0.15, 0.2) is 0 Å². The SMILES string of the molecule is CC(C)(C)OC(=O)N1CCC2(C[C@@H](O)[C@@H](O)CO2)C1. The number of aliphatic hydroxyl groups is 2. The molecule has 1 unspecified atom stereocenters. The van der Waals surface area contributed by atoms with Gasteiger partial charge in [0, 0.05) is 13.0 Å². The van der Waals surface area contributed by atoms with Crippen molar-refractivity contribution in [2.24, 2.45) is 0 Å². The average Bonchev–Trinajstić information content (AvgIpc) is 2.66. The van der Waals surface area contributed by atoms with Crippen LogP contribution in [0.5, 0.6) is 0 Å². The number of rotatable bonds is 0. The van der Waals surface area contributed by atoms with Crippen LogP contribution in [0.4, 0.5) is 4.79 Å². The maximum atomic E-state index is 12.0. The van der Waals surface area contributed by atoms with Gasteiger partial charge in [0.15, 0.2) is 0 Å². The molecule has 0 saturated carbocycles. The number of nitrogens with zero attached hydrogens (tertiary/aromatic N) is 1. The monoisotopic (exact) mass is 273 g/mol. The molecule has 0 aliphatic carbocycles. The molecule has 2 aliphatic heterocycles. The van der Waals surface area contributed by atoms with Crippen LogP contribution in [-0.4, -0.2) is 64.3 Å². The molecular weight excluding hydrogens is 250 g/mol. The summed E-state index contributed by atoms with van der Waals surface area (Å²) in [5.41, 5.74) is -1.05. The lowest BCUT2D eigenvalue weighted by Gasteiger charge is -2.38. The van der Waals surface area contributed by atoms with Crippen molar-refractivity contribution in [2.45, 2.75) is 57.0 Å². The van der Waals surface area contributed by atoms with E-state index in [0.29, 0.717) is 25.9 Å². The van der Waals surface area contributed by atoms with Crippen LogP contribution in [0.1, 0.15) is 33.6 Å². The Bertz CT molecular complexity index is 353. The van der Waals surface area contributed by atoms with Crippen molar-refractivity contribution in [2.75, 3.05) is 19.7 Å². The maximum Gasteiger partial charge on any atom is 0.410 e. The summed E-state index contributed by atoms with van der Waals surface area (Å²) < 4.78 is 11.0. The van der Waals surface area contributed by atoms with Gasteiger partial charge in [0.2, 0.25) is 0 Å². The summed E-state index contributed by atoms with van der Waals surface area (Å²) in [6.45, 7) is 6.56. The number of likely N-dealkylation sites (tertiary alicyclic amines) is 1. The summed E-state index contributed by atoms with van der Waals surface area (Å²) >= 11 is 0. The second kappa shape index (κ2) is 4.92. The van der Waals surface area contributed by atoms with Gasteiger partial charge in [0.05, 0.1) is 24.9 Å². The quantitative estimate of drug-likeness (QED) is 0.672. The highest BCUT2D eigenvalue weighted by atomic mass is 16.6. The van der Waals surface area contributed by atoms with E-state index in [0.717, 1.165) is 0 Å². The average molecular weight is 273 g/mol. The zero-order valence-electron chi connectivity index (χ0n) is 11.8. The van der Waals surface area contributed by atoms with Crippen LogP contribution >= 0.6 is 0 Å². The highest BCUT2D eigenvalue weighted by Gasteiger charge is 2.47. The Morgan fingerprint density at radius 2 is 2.05 bits per heavy atom. The van der Waals surface area contributed by atoms with E-state index < -0.39 is 23.4 Å². The third-order valence-electron chi connectivity index (χ3n) is 3.55. The summed E-state index contributed by atoms with van der Waals surface area (Å²) in [6.07, 6.45) is -0.953. The standard InChI is InChI=1S/C13H23NO5/c1-12(2,3)19-11(17)14-5-4-13(8-14)6-9(15)10(16)7-18-13/h9-10,15-16H,4-8H2,1-3H3/t9-,10+,13?/m1/s1.